The molecule has 0 aromatic rings. The Bertz CT molecular complexity index is 420. The molecule has 0 aromatic heterocycles. The van der Waals surface area contributed by atoms with Gasteiger partial charge in [0.05, 0.1) is 0 Å². The summed E-state index contributed by atoms with van der Waals surface area (Å²) in [5.74, 6) is -1.42. The summed E-state index contributed by atoms with van der Waals surface area (Å²) in [5, 5.41) is 20.6. The van der Waals surface area contributed by atoms with E-state index in [1.165, 1.54) is 173 Å². The summed E-state index contributed by atoms with van der Waals surface area (Å²) in [7, 11) is 0. The van der Waals surface area contributed by atoms with Crippen LogP contribution in [0.15, 0.2) is 0 Å². The Labute approximate surface area is 241 Å². The molecule has 2 nitrogen and oxygen atoms in total. The first-order chi connectivity index (χ1) is 18.6. The molecule has 230 valence electrons. The smallest absolute Gasteiger partial charge is 0.162 e. The minimum absolute atomic E-state index is 0.560. The first-order valence-electron chi connectivity index (χ1n) is 18.1. The van der Waals surface area contributed by atoms with E-state index in [-0.39, 0.29) is 0 Å². The van der Waals surface area contributed by atoms with Crippen molar-refractivity contribution in [3.63, 3.8) is 0 Å². The minimum Gasteiger partial charge on any atom is -0.366 e. The molecule has 0 rings (SSSR count). The number of hydrogen-bond donors (Lipinski definition) is 2. The lowest BCUT2D eigenvalue weighted by Crippen LogP contribution is -2.27. The molecule has 0 aromatic carbocycles. The van der Waals surface area contributed by atoms with Crippen molar-refractivity contribution in [2.45, 2.75) is 232 Å². The van der Waals surface area contributed by atoms with E-state index >= 15 is 0 Å². The third-order valence-corrected chi connectivity index (χ3v) is 8.61. The van der Waals surface area contributed by atoms with Crippen LogP contribution in [0.3, 0.4) is 0 Å². The van der Waals surface area contributed by atoms with Gasteiger partial charge in [-0.25, -0.2) is 0 Å². The molecule has 2 N–H and O–H groups in total. The summed E-state index contributed by atoms with van der Waals surface area (Å²) < 4.78 is 0. The topological polar surface area (TPSA) is 40.5 Å². The number of unbranched alkanes of at least 4 members (excludes halogenated alkanes) is 29. The molecule has 0 atom stereocenters. The van der Waals surface area contributed by atoms with Gasteiger partial charge in [0, 0.05) is 12.8 Å². The van der Waals surface area contributed by atoms with Crippen LogP contribution < -0.4 is 0 Å². The van der Waals surface area contributed by atoms with Gasteiger partial charge >= 0.3 is 0 Å². The van der Waals surface area contributed by atoms with Crippen molar-refractivity contribution < 1.29 is 10.2 Å². The van der Waals surface area contributed by atoms with E-state index in [0.717, 1.165) is 25.7 Å². The van der Waals surface area contributed by atoms with E-state index in [0.29, 0.717) is 12.8 Å². The second-order valence-electron chi connectivity index (χ2n) is 12.7. The first kappa shape index (κ1) is 37.9. The Morgan fingerprint density at radius 3 is 0.605 bits per heavy atom. The highest BCUT2D eigenvalue weighted by molar-refractivity contribution is 4.65. The molecule has 0 saturated heterocycles. The van der Waals surface area contributed by atoms with E-state index in [4.69, 9.17) is 0 Å². The summed E-state index contributed by atoms with van der Waals surface area (Å²) in [6, 6.07) is 0. The second kappa shape index (κ2) is 31.4. The number of rotatable bonds is 33. The van der Waals surface area contributed by atoms with Crippen molar-refractivity contribution in [1.29, 1.82) is 0 Å². The molecule has 0 aliphatic rings. The molecular weight excluding hydrogens is 464 g/mol. The van der Waals surface area contributed by atoms with Gasteiger partial charge in [0.25, 0.3) is 0 Å². The van der Waals surface area contributed by atoms with Gasteiger partial charge in [-0.3, -0.25) is 0 Å². The van der Waals surface area contributed by atoms with E-state index in [9.17, 15) is 10.2 Å². The maximum absolute atomic E-state index is 10.3. The van der Waals surface area contributed by atoms with E-state index in [1.807, 2.05) is 0 Å². The Morgan fingerprint density at radius 2 is 0.421 bits per heavy atom. The molecule has 2 heteroatoms. The van der Waals surface area contributed by atoms with Gasteiger partial charge in [0.2, 0.25) is 0 Å². The van der Waals surface area contributed by atoms with Crippen LogP contribution in [0.1, 0.15) is 226 Å². The van der Waals surface area contributed by atoms with Crippen molar-refractivity contribution in [2.75, 3.05) is 0 Å². The van der Waals surface area contributed by atoms with Gasteiger partial charge < -0.3 is 10.2 Å². The van der Waals surface area contributed by atoms with E-state index in [1.54, 1.807) is 0 Å². The zero-order valence-corrected chi connectivity index (χ0v) is 26.7. The van der Waals surface area contributed by atoms with Crippen LogP contribution in [-0.2, 0) is 0 Å². The van der Waals surface area contributed by atoms with Crippen molar-refractivity contribution >= 4 is 0 Å². The molecular formula is C36H74O2. The SMILES string of the molecule is CCCCCCCCCCCCCCCCCCC(O)(O)CCCCCCCCCCCCCCCCC. The van der Waals surface area contributed by atoms with E-state index in [2.05, 4.69) is 13.8 Å². The van der Waals surface area contributed by atoms with Gasteiger partial charge in [-0.1, -0.05) is 200 Å². The van der Waals surface area contributed by atoms with Crippen LogP contribution >= 0.6 is 0 Å². The molecule has 0 unspecified atom stereocenters. The predicted molar refractivity (Wildman–Crippen MR) is 171 cm³/mol. The zero-order valence-electron chi connectivity index (χ0n) is 26.7. The number of aliphatic hydroxyl groups is 2. The maximum atomic E-state index is 10.3. The molecule has 0 spiro atoms. The molecule has 0 fully saturated rings. The van der Waals surface area contributed by atoms with Gasteiger partial charge in [-0.05, 0) is 12.8 Å². The summed E-state index contributed by atoms with van der Waals surface area (Å²) in [6.07, 6.45) is 43.0. The maximum Gasteiger partial charge on any atom is 0.162 e. The summed E-state index contributed by atoms with van der Waals surface area (Å²) in [5.41, 5.74) is 0. The third kappa shape index (κ3) is 32.1. The lowest BCUT2D eigenvalue weighted by atomic mass is 9.98. The van der Waals surface area contributed by atoms with Crippen LogP contribution in [0.25, 0.3) is 0 Å². The fourth-order valence-corrected chi connectivity index (χ4v) is 5.86. The van der Waals surface area contributed by atoms with Gasteiger partial charge in [-0.2, -0.15) is 0 Å². The Hall–Kier alpha value is -0.0800. The highest BCUT2D eigenvalue weighted by atomic mass is 16.5. The highest BCUT2D eigenvalue weighted by Crippen LogP contribution is 2.21. The van der Waals surface area contributed by atoms with E-state index < -0.39 is 5.79 Å². The monoisotopic (exact) mass is 539 g/mol. The first-order valence-corrected chi connectivity index (χ1v) is 18.1. The highest BCUT2D eigenvalue weighted by Gasteiger charge is 2.21. The van der Waals surface area contributed by atoms with Crippen LogP contribution in [0.4, 0.5) is 0 Å². The summed E-state index contributed by atoms with van der Waals surface area (Å²) in [6.45, 7) is 4.58. The van der Waals surface area contributed by atoms with Crippen LogP contribution in [0.5, 0.6) is 0 Å². The molecule has 0 heterocycles. The molecule has 0 amide bonds. The Balaban J connectivity index is 3.27. The second-order valence-corrected chi connectivity index (χ2v) is 12.7. The molecule has 0 aliphatic heterocycles. The van der Waals surface area contributed by atoms with Crippen molar-refractivity contribution in [2.24, 2.45) is 0 Å². The van der Waals surface area contributed by atoms with Crippen LogP contribution in [-0.4, -0.2) is 16.0 Å². The molecule has 0 saturated carbocycles. The molecule has 0 aliphatic carbocycles. The fraction of sp³-hybridized carbons (Fsp3) is 1.00. The van der Waals surface area contributed by atoms with Gasteiger partial charge in [0.15, 0.2) is 5.79 Å². The summed E-state index contributed by atoms with van der Waals surface area (Å²) >= 11 is 0. The van der Waals surface area contributed by atoms with Crippen LogP contribution in [0, 0.1) is 0 Å². The van der Waals surface area contributed by atoms with Crippen molar-refractivity contribution in [3.05, 3.63) is 0 Å². The zero-order chi connectivity index (χ0) is 27.8. The third-order valence-electron chi connectivity index (χ3n) is 8.61. The van der Waals surface area contributed by atoms with Crippen molar-refractivity contribution in [3.8, 4) is 0 Å². The number of hydrogen-bond acceptors (Lipinski definition) is 2. The average Bonchev–Trinajstić information content (AvgIpc) is 2.90. The predicted octanol–water partition coefficient (Wildman–Crippen LogP) is 12.6. The minimum atomic E-state index is -1.42. The van der Waals surface area contributed by atoms with Crippen LogP contribution in [0.2, 0.25) is 0 Å². The van der Waals surface area contributed by atoms with Gasteiger partial charge in [-0.15, -0.1) is 0 Å². The molecule has 38 heavy (non-hydrogen) atoms. The average molecular weight is 539 g/mol. The fourth-order valence-electron chi connectivity index (χ4n) is 5.86. The summed E-state index contributed by atoms with van der Waals surface area (Å²) in [4.78, 5) is 0. The standard InChI is InChI=1S/C36H74O2/c1-3-5-7-9-11-13-15-17-19-21-23-25-27-29-31-33-35-36(37,38)34-32-30-28-26-24-22-20-18-16-14-12-10-8-6-4-2/h37-38H,3-35H2,1-2H3. The lowest BCUT2D eigenvalue weighted by molar-refractivity contribution is -0.172. The lowest BCUT2D eigenvalue weighted by Gasteiger charge is -2.21. The molecule has 0 bridgehead atoms. The van der Waals surface area contributed by atoms with Gasteiger partial charge in [0.1, 0.15) is 0 Å². The normalized spacial score (nSPS) is 12.0. The largest absolute Gasteiger partial charge is 0.366 e. The quantitative estimate of drug-likeness (QED) is 0.0644. The Morgan fingerprint density at radius 1 is 0.263 bits per heavy atom. The molecule has 0 radical (unpaired) electrons. The Kier molecular flexibility index (Phi) is 31.4. The van der Waals surface area contributed by atoms with Crippen molar-refractivity contribution in [1.82, 2.24) is 0 Å².